The van der Waals surface area contributed by atoms with Crippen LogP contribution in [0.4, 0.5) is 26.8 Å². The summed E-state index contributed by atoms with van der Waals surface area (Å²) in [5, 5.41) is 15.1. The van der Waals surface area contributed by atoms with E-state index in [1.54, 1.807) is 34.2 Å². The van der Waals surface area contributed by atoms with Gasteiger partial charge in [0.25, 0.3) is 0 Å². The van der Waals surface area contributed by atoms with Crippen LogP contribution in [0.15, 0.2) is 42.9 Å². The highest BCUT2D eigenvalue weighted by Gasteiger charge is 2.33. The number of amides is 4. The normalized spacial score (nSPS) is 18.1. The lowest BCUT2D eigenvalue weighted by Crippen LogP contribution is -2.52. The van der Waals surface area contributed by atoms with Gasteiger partial charge in [0.05, 0.1) is 24.0 Å². The van der Waals surface area contributed by atoms with E-state index in [4.69, 9.17) is 10.00 Å². The Morgan fingerprint density at radius 3 is 2.41 bits per heavy atom. The molecule has 4 amide bonds. The lowest BCUT2D eigenvalue weighted by atomic mass is 9.92. The van der Waals surface area contributed by atoms with Crippen LogP contribution < -0.4 is 20.4 Å². The third kappa shape index (κ3) is 8.37. The van der Waals surface area contributed by atoms with Gasteiger partial charge in [0, 0.05) is 63.9 Å². The van der Waals surface area contributed by atoms with Crippen molar-refractivity contribution in [3.8, 4) is 6.07 Å². The summed E-state index contributed by atoms with van der Waals surface area (Å²) >= 11 is 0. The summed E-state index contributed by atoms with van der Waals surface area (Å²) in [7, 11) is 1.90. The number of nitrogens with one attached hydrogen (secondary N) is 2. The van der Waals surface area contributed by atoms with Crippen molar-refractivity contribution in [2.24, 2.45) is 5.92 Å². The van der Waals surface area contributed by atoms with Crippen LogP contribution in [0.25, 0.3) is 11.0 Å². The Balaban J connectivity index is 1.14. The second kappa shape index (κ2) is 14.8. The number of nitriles is 1. The van der Waals surface area contributed by atoms with Crippen molar-refractivity contribution >= 4 is 52.2 Å². The number of hydrogen-bond acceptors (Lipinski definition) is 10. The quantitative estimate of drug-likeness (QED) is 0.380. The zero-order valence-corrected chi connectivity index (χ0v) is 28.7. The third-order valence-corrected chi connectivity index (χ3v) is 8.86. The molecule has 2 N–H and O–H groups in total. The van der Waals surface area contributed by atoms with Crippen molar-refractivity contribution in [1.29, 1.82) is 5.26 Å². The number of anilines is 3. The van der Waals surface area contributed by atoms with Gasteiger partial charge in [-0.05, 0) is 63.4 Å². The number of likely N-dealkylation sites (tertiary alicyclic amines) is 1. The van der Waals surface area contributed by atoms with Crippen LogP contribution in [0.2, 0.25) is 0 Å². The van der Waals surface area contributed by atoms with Gasteiger partial charge in [-0.3, -0.25) is 14.2 Å². The van der Waals surface area contributed by atoms with E-state index in [0.717, 1.165) is 12.1 Å². The number of piperidine rings is 1. The third-order valence-electron chi connectivity index (χ3n) is 8.86. The number of carbonyl (C=O) groups is 4. The van der Waals surface area contributed by atoms with E-state index in [2.05, 4.69) is 32.4 Å². The molecule has 260 valence electrons. The average Bonchev–Trinajstić information content (AvgIpc) is 3.51. The molecular weight excluding hydrogens is 628 g/mol. The van der Waals surface area contributed by atoms with Crippen LogP contribution in [-0.2, 0) is 14.3 Å². The summed E-state index contributed by atoms with van der Waals surface area (Å²) < 4.78 is 6.81. The molecule has 2 fully saturated rings. The number of nitrogens with zero attached hydrogens (tertiary/aromatic N) is 8. The van der Waals surface area contributed by atoms with Crippen LogP contribution in [-0.4, -0.2) is 113 Å². The Hall–Kier alpha value is -5.39. The highest BCUT2D eigenvalue weighted by Crippen LogP contribution is 2.30. The van der Waals surface area contributed by atoms with Crippen molar-refractivity contribution in [2.45, 2.75) is 52.2 Å². The van der Waals surface area contributed by atoms with Gasteiger partial charge in [-0.2, -0.15) is 5.26 Å². The molecule has 49 heavy (non-hydrogen) atoms. The van der Waals surface area contributed by atoms with E-state index in [9.17, 15) is 19.2 Å². The summed E-state index contributed by atoms with van der Waals surface area (Å²) in [6, 6.07) is 10.6. The minimum atomic E-state index is -0.535. The number of piperazine rings is 1. The molecule has 0 saturated carbocycles. The van der Waals surface area contributed by atoms with Crippen molar-refractivity contribution in [3.05, 3.63) is 42.9 Å². The largest absolute Gasteiger partial charge is 0.444 e. The van der Waals surface area contributed by atoms with Crippen molar-refractivity contribution in [2.75, 3.05) is 68.0 Å². The van der Waals surface area contributed by atoms with Crippen molar-refractivity contribution in [1.82, 2.24) is 29.7 Å². The number of benzene rings is 1. The number of hydrogen-bond donors (Lipinski definition) is 2. The monoisotopic (exact) mass is 672 g/mol. The van der Waals surface area contributed by atoms with Crippen molar-refractivity contribution < 1.29 is 23.9 Å². The van der Waals surface area contributed by atoms with Crippen molar-refractivity contribution in [3.63, 3.8) is 0 Å². The molecule has 15 nitrogen and oxygen atoms in total. The van der Waals surface area contributed by atoms with E-state index >= 15 is 0 Å². The molecule has 2 saturated heterocycles. The van der Waals surface area contributed by atoms with Crippen LogP contribution in [0.1, 0.15) is 40.5 Å². The Morgan fingerprint density at radius 1 is 1.02 bits per heavy atom. The highest BCUT2D eigenvalue weighted by atomic mass is 16.6. The lowest BCUT2D eigenvalue weighted by molar-refractivity contribution is -0.131. The molecule has 2 atom stereocenters. The molecule has 0 unspecified atom stereocenters. The lowest BCUT2D eigenvalue weighted by Gasteiger charge is -2.42. The van der Waals surface area contributed by atoms with E-state index in [1.807, 2.05) is 50.9 Å². The first-order chi connectivity index (χ1) is 23.3. The summed E-state index contributed by atoms with van der Waals surface area (Å²) in [6.45, 7) is 10.9. The Morgan fingerprint density at radius 2 is 1.73 bits per heavy atom. The van der Waals surface area contributed by atoms with E-state index in [0.29, 0.717) is 61.8 Å². The predicted octanol–water partition coefficient (Wildman–Crippen LogP) is 3.27. The SMILES string of the molecule is C[C@@H]1CCN(C(=O)CC#N)C[C@@H]1N(C)c1ncnc2c1ccn2C(=O)NCC(=O)Nc1ccc(N2CCN(C(=O)OC(C)(C)C)CC2)cc1. The van der Waals surface area contributed by atoms with Crippen LogP contribution in [0.3, 0.4) is 0 Å². The Bertz CT molecular complexity index is 1720. The smallest absolute Gasteiger partial charge is 0.410 e. The fourth-order valence-corrected chi connectivity index (χ4v) is 6.17. The maximum absolute atomic E-state index is 13.1. The van der Waals surface area contributed by atoms with Crippen LogP contribution in [0, 0.1) is 17.2 Å². The van der Waals surface area contributed by atoms with E-state index in [1.165, 1.54) is 10.9 Å². The molecule has 0 aliphatic carbocycles. The van der Waals surface area contributed by atoms with Crippen LogP contribution >= 0.6 is 0 Å². The number of ether oxygens (including phenoxy) is 1. The molecule has 0 bridgehead atoms. The second-order valence-electron chi connectivity index (χ2n) is 13.4. The first-order valence-corrected chi connectivity index (χ1v) is 16.4. The van der Waals surface area contributed by atoms with Gasteiger partial charge in [0.15, 0.2) is 5.65 Å². The fourth-order valence-electron chi connectivity index (χ4n) is 6.17. The first kappa shape index (κ1) is 34.9. The summed E-state index contributed by atoms with van der Waals surface area (Å²) in [5.41, 5.74) is 1.42. The van der Waals surface area contributed by atoms with Gasteiger partial charge >= 0.3 is 12.1 Å². The highest BCUT2D eigenvalue weighted by molar-refractivity contribution is 5.98. The topological polar surface area (TPSA) is 169 Å². The summed E-state index contributed by atoms with van der Waals surface area (Å²) in [5.74, 6) is 0.314. The predicted molar refractivity (Wildman–Crippen MR) is 184 cm³/mol. The number of likely N-dealkylation sites (N-methyl/N-ethyl adjacent to an activating group) is 1. The van der Waals surface area contributed by atoms with Gasteiger partial charge < -0.3 is 35.0 Å². The molecule has 1 aromatic carbocycles. The Labute approximate surface area is 285 Å². The minimum absolute atomic E-state index is 0.0428. The van der Waals surface area contributed by atoms with Gasteiger partial charge in [-0.1, -0.05) is 6.92 Å². The zero-order valence-electron chi connectivity index (χ0n) is 28.7. The van der Waals surface area contributed by atoms with E-state index in [-0.39, 0.29) is 42.8 Å². The molecule has 0 radical (unpaired) electrons. The summed E-state index contributed by atoms with van der Waals surface area (Å²) in [6.07, 6.45) is 3.32. The molecule has 2 aromatic heterocycles. The maximum atomic E-state index is 13.1. The maximum Gasteiger partial charge on any atom is 0.410 e. The standard InChI is InChI=1S/C34H44N10O5/c1-23-11-14-43(29(46)10-13-35)21-27(23)40(5)30-26-12-15-44(31(26)38-22-37-30)32(47)36-20-28(45)39-24-6-8-25(9-7-24)41-16-18-42(19-17-41)33(48)49-34(2,3)4/h6-9,12,15,22-23,27H,10-11,14,16-21H2,1-5H3,(H,36,47)(H,39,45)/t23-,27+/m1/s1. The van der Waals surface area contributed by atoms with Crippen LogP contribution in [0.5, 0.6) is 0 Å². The zero-order chi connectivity index (χ0) is 35.3. The van der Waals surface area contributed by atoms with E-state index < -0.39 is 11.6 Å². The molecule has 2 aliphatic heterocycles. The first-order valence-electron chi connectivity index (χ1n) is 16.4. The molecule has 3 aromatic rings. The number of rotatable bonds is 7. The molecular formula is C34H44N10O5. The molecule has 2 aliphatic rings. The average molecular weight is 673 g/mol. The van der Waals surface area contributed by atoms with Gasteiger partial charge in [0.1, 0.15) is 24.2 Å². The number of aromatic nitrogens is 3. The van der Waals surface area contributed by atoms with Gasteiger partial charge in [-0.15, -0.1) is 0 Å². The Kier molecular flexibility index (Phi) is 10.5. The summed E-state index contributed by atoms with van der Waals surface area (Å²) in [4.78, 5) is 67.1. The minimum Gasteiger partial charge on any atom is -0.444 e. The fraction of sp³-hybridized carbons (Fsp3) is 0.500. The molecule has 4 heterocycles. The molecule has 0 spiro atoms. The van der Waals surface area contributed by atoms with Gasteiger partial charge in [0.2, 0.25) is 11.8 Å². The second-order valence-corrected chi connectivity index (χ2v) is 13.4. The molecule has 5 rings (SSSR count). The number of fused-ring (bicyclic) bond motifs is 1. The number of carbonyl (C=O) groups excluding carboxylic acids is 4. The molecule has 15 heteroatoms. The van der Waals surface area contributed by atoms with Gasteiger partial charge in [-0.25, -0.2) is 19.6 Å².